The summed E-state index contributed by atoms with van der Waals surface area (Å²) in [6, 6.07) is 3.93. The molecule has 0 atom stereocenters. The number of benzene rings is 1. The highest BCUT2D eigenvalue weighted by Crippen LogP contribution is 2.20. The maximum absolute atomic E-state index is 5.82. The molecule has 0 aliphatic carbocycles. The van der Waals surface area contributed by atoms with E-state index in [0.29, 0.717) is 0 Å². The molecule has 1 aromatic heterocycles. The van der Waals surface area contributed by atoms with E-state index in [1.165, 1.54) is 0 Å². The lowest BCUT2D eigenvalue weighted by Gasteiger charge is -2.09. The van der Waals surface area contributed by atoms with Crippen molar-refractivity contribution in [2.24, 2.45) is 0 Å². The van der Waals surface area contributed by atoms with Crippen LogP contribution < -0.4 is 5.73 Å². The van der Waals surface area contributed by atoms with Gasteiger partial charge in [0.15, 0.2) is 5.82 Å². The maximum Gasteiger partial charge on any atom is 0.153 e. The third-order valence-corrected chi connectivity index (χ3v) is 2.44. The number of aromatic nitrogens is 4. The number of aryl methyl sites for hydroxylation is 3. The van der Waals surface area contributed by atoms with Crippen LogP contribution in [0.25, 0.3) is 5.69 Å². The minimum Gasteiger partial charge on any atom is -0.399 e. The summed E-state index contributed by atoms with van der Waals surface area (Å²) in [5.41, 5.74) is 9.69. The highest BCUT2D eigenvalue weighted by atomic mass is 15.5. The third-order valence-electron chi connectivity index (χ3n) is 2.44. The molecule has 5 nitrogen and oxygen atoms in total. The Bertz CT molecular complexity index is 501. The van der Waals surface area contributed by atoms with Gasteiger partial charge in [0.25, 0.3) is 0 Å². The molecule has 1 heterocycles. The molecule has 0 bridgehead atoms. The van der Waals surface area contributed by atoms with E-state index in [-0.39, 0.29) is 0 Å². The van der Waals surface area contributed by atoms with Gasteiger partial charge in [-0.05, 0) is 54.5 Å². The fourth-order valence-electron chi connectivity index (χ4n) is 1.51. The van der Waals surface area contributed by atoms with Crippen LogP contribution in [0.2, 0.25) is 0 Å². The van der Waals surface area contributed by atoms with Crippen LogP contribution in [0.3, 0.4) is 0 Å². The number of tetrazole rings is 1. The van der Waals surface area contributed by atoms with E-state index in [9.17, 15) is 0 Å². The second-order valence-corrected chi connectivity index (χ2v) is 3.63. The van der Waals surface area contributed by atoms with Crippen molar-refractivity contribution in [1.29, 1.82) is 0 Å². The van der Waals surface area contributed by atoms with Crippen LogP contribution in [0.1, 0.15) is 17.0 Å². The summed E-state index contributed by atoms with van der Waals surface area (Å²) in [4.78, 5) is 0. The Labute approximate surface area is 87.9 Å². The Hall–Kier alpha value is -1.91. The number of nitrogens with zero attached hydrogens (tertiary/aromatic N) is 4. The SMILES string of the molecule is Cc1cc(-n2nnnc2C)c(C)cc1N. The molecule has 78 valence electrons. The van der Waals surface area contributed by atoms with Crippen LogP contribution in [0.4, 0.5) is 5.69 Å². The van der Waals surface area contributed by atoms with Crippen LogP contribution in [-0.2, 0) is 0 Å². The van der Waals surface area contributed by atoms with Crippen molar-refractivity contribution < 1.29 is 0 Å². The molecule has 0 aliphatic rings. The molecule has 0 fully saturated rings. The molecule has 15 heavy (non-hydrogen) atoms. The Morgan fingerprint density at radius 3 is 2.47 bits per heavy atom. The fraction of sp³-hybridized carbons (Fsp3) is 0.300. The largest absolute Gasteiger partial charge is 0.399 e. The van der Waals surface area contributed by atoms with Crippen molar-refractivity contribution in [2.75, 3.05) is 5.73 Å². The lowest BCUT2D eigenvalue weighted by Crippen LogP contribution is -2.03. The summed E-state index contributed by atoms with van der Waals surface area (Å²) >= 11 is 0. The van der Waals surface area contributed by atoms with Gasteiger partial charge in [0.2, 0.25) is 0 Å². The molecule has 0 spiro atoms. The highest BCUT2D eigenvalue weighted by molar-refractivity contribution is 5.56. The number of anilines is 1. The first-order valence-corrected chi connectivity index (χ1v) is 4.71. The van der Waals surface area contributed by atoms with Crippen LogP contribution in [0.5, 0.6) is 0 Å². The summed E-state index contributed by atoms with van der Waals surface area (Å²) in [6.07, 6.45) is 0. The van der Waals surface area contributed by atoms with Crippen LogP contribution in [0, 0.1) is 20.8 Å². The minimum absolute atomic E-state index is 0.766. The van der Waals surface area contributed by atoms with E-state index in [4.69, 9.17) is 5.73 Å². The van der Waals surface area contributed by atoms with Gasteiger partial charge in [-0.25, -0.2) is 0 Å². The lowest BCUT2D eigenvalue weighted by atomic mass is 10.1. The standard InChI is InChI=1S/C10H13N5/c1-6-5-10(7(2)4-9(6)11)15-8(3)12-13-14-15/h4-5H,11H2,1-3H3. The molecule has 0 saturated heterocycles. The summed E-state index contributed by atoms with van der Waals surface area (Å²) in [6.45, 7) is 5.83. The van der Waals surface area contributed by atoms with E-state index in [0.717, 1.165) is 28.3 Å². The van der Waals surface area contributed by atoms with Gasteiger partial charge in [-0.3, -0.25) is 0 Å². The van der Waals surface area contributed by atoms with Gasteiger partial charge in [0.05, 0.1) is 5.69 Å². The molecule has 2 rings (SSSR count). The van der Waals surface area contributed by atoms with Crippen LogP contribution in [-0.4, -0.2) is 20.2 Å². The zero-order valence-electron chi connectivity index (χ0n) is 9.02. The van der Waals surface area contributed by atoms with E-state index in [1.807, 2.05) is 32.9 Å². The number of hydrogen-bond donors (Lipinski definition) is 1. The quantitative estimate of drug-likeness (QED) is 0.706. The summed E-state index contributed by atoms with van der Waals surface area (Å²) in [5.74, 6) is 0.766. The topological polar surface area (TPSA) is 69.6 Å². The highest BCUT2D eigenvalue weighted by Gasteiger charge is 2.08. The Morgan fingerprint density at radius 2 is 1.87 bits per heavy atom. The predicted molar refractivity (Wildman–Crippen MR) is 57.8 cm³/mol. The van der Waals surface area contributed by atoms with E-state index in [1.54, 1.807) is 4.68 Å². The second-order valence-electron chi connectivity index (χ2n) is 3.63. The number of nitrogen functional groups attached to an aromatic ring is 1. The van der Waals surface area contributed by atoms with Crippen molar-refractivity contribution >= 4 is 5.69 Å². The van der Waals surface area contributed by atoms with Crippen LogP contribution in [0.15, 0.2) is 12.1 Å². The first kappa shape index (κ1) is 9.64. The number of nitrogens with two attached hydrogens (primary N) is 1. The Balaban J connectivity index is 2.64. The molecule has 0 aliphatic heterocycles. The van der Waals surface area contributed by atoms with Gasteiger partial charge in [0, 0.05) is 5.69 Å². The summed E-state index contributed by atoms with van der Waals surface area (Å²) in [5, 5.41) is 11.4. The van der Waals surface area contributed by atoms with Gasteiger partial charge in [-0.1, -0.05) is 0 Å². The van der Waals surface area contributed by atoms with Crippen molar-refractivity contribution in [1.82, 2.24) is 20.2 Å². The Morgan fingerprint density at radius 1 is 1.13 bits per heavy atom. The molecule has 0 unspecified atom stereocenters. The molecule has 0 radical (unpaired) electrons. The van der Waals surface area contributed by atoms with Crippen molar-refractivity contribution in [3.05, 3.63) is 29.1 Å². The smallest absolute Gasteiger partial charge is 0.153 e. The molecule has 2 N–H and O–H groups in total. The molecule has 1 aromatic carbocycles. The number of rotatable bonds is 1. The van der Waals surface area contributed by atoms with E-state index < -0.39 is 0 Å². The van der Waals surface area contributed by atoms with E-state index >= 15 is 0 Å². The van der Waals surface area contributed by atoms with E-state index in [2.05, 4.69) is 15.5 Å². The third kappa shape index (κ3) is 1.56. The first-order chi connectivity index (χ1) is 7.09. The molecule has 0 saturated carbocycles. The fourth-order valence-corrected chi connectivity index (χ4v) is 1.51. The van der Waals surface area contributed by atoms with Gasteiger partial charge in [-0.2, -0.15) is 4.68 Å². The summed E-state index contributed by atoms with van der Waals surface area (Å²) in [7, 11) is 0. The van der Waals surface area contributed by atoms with Gasteiger partial charge in [0.1, 0.15) is 0 Å². The van der Waals surface area contributed by atoms with Crippen molar-refractivity contribution in [3.8, 4) is 5.69 Å². The normalized spacial score (nSPS) is 10.6. The van der Waals surface area contributed by atoms with Gasteiger partial charge >= 0.3 is 0 Å². The van der Waals surface area contributed by atoms with Gasteiger partial charge < -0.3 is 5.73 Å². The first-order valence-electron chi connectivity index (χ1n) is 4.71. The number of hydrogen-bond acceptors (Lipinski definition) is 4. The van der Waals surface area contributed by atoms with Gasteiger partial charge in [-0.15, -0.1) is 5.10 Å². The molecule has 0 amide bonds. The monoisotopic (exact) mass is 203 g/mol. The zero-order chi connectivity index (χ0) is 11.0. The molecular formula is C10H13N5. The van der Waals surface area contributed by atoms with Crippen molar-refractivity contribution in [3.63, 3.8) is 0 Å². The Kier molecular flexibility index (Phi) is 2.15. The van der Waals surface area contributed by atoms with Crippen LogP contribution >= 0.6 is 0 Å². The average Bonchev–Trinajstić information content (AvgIpc) is 2.58. The van der Waals surface area contributed by atoms with Crippen molar-refractivity contribution in [2.45, 2.75) is 20.8 Å². The zero-order valence-corrected chi connectivity index (χ0v) is 9.02. The lowest BCUT2D eigenvalue weighted by molar-refractivity contribution is 0.775. The summed E-state index contributed by atoms with van der Waals surface area (Å²) < 4.78 is 1.71. The molecular weight excluding hydrogens is 190 g/mol. The molecule has 5 heteroatoms. The predicted octanol–water partition coefficient (Wildman–Crippen LogP) is 1.17. The average molecular weight is 203 g/mol. The molecule has 2 aromatic rings. The second kappa shape index (κ2) is 3.34. The minimum atomic E-state index is 0.766. The maximum atomic E-state index is 5.82.